The van der Waals surface area contributed by atoms with Crippen LogP contribution in [-0.2, 0) is 52.4 Å². The molecular weight excluding hydrogens is 891 g/mol. The van der Waals surface area contributed by atoms with E-state index in [9.17, 15) is 44.4 Å². The summed E-state index contributed by atoms with van der Waals surface area (Å²) in [5.74, 6) is -9.41. The van der Waals surface area contributed by atoms with Crippen LogP contribution in [0.25, 0.3) is 0 Å². The third-order valence-corrected chi connectivity index (χ3v) is 15.1. The summed E-state index contributed by atoms with van der Waals surface area (Å²) in [6, 6.07) is -1.16. The summed E-state index contributed by atoms with van der Waals surface area (Å²) in [4.78, 5) is 72.2. The Labute approximate surface area is 409 Å². The number of hydrogen-bond donors (Lipinski definition) is 4. The van der Waals surface area contributed by atoms with Gasteiger partial charge in [-0.2, -0.15) is 0 Å². The molecule has 390 valence electrons. The fourth-order valence-electron chi connectivity index (χ4n) is 10.4. The number of esters is 1. The summed E-state index contributed by atoms with van der Waals surface area (Å²) in [5, 5.41) is 44.0. The lowest BCUT2D eigenvalue weighted by Crippen LogP contribution is -2.61. The largest absolute Gasteiger partial charge is 0.460 e. The quantitative estimate of drug-likeness (QED) is 0.133. The van der Waals surface area contributed by atoms with Gasteiger partial charge in [0.25, 0.3) is 11.7 Å². The van der Waals surface area contributed by atoms with Gasteiger partial charge in [-0.1, -0.05) is 71.1 Å². The van der Waals surface area contributed by atoms with E-state index in [0.717, 1.165) is 12.0 Å². The molecule has 3 aliphatic heterocycles. The number of nitrogens with zero attached hydrogens (tertiary/aromatic N) is 1. The zero-order chi connectivity index (χ0) is 51.2. The van der Waals surface area contributed by atoms with E-state index in [1.807, 2.05) is 19.9 Å². The molecule has 4 aliphatic rings. The molecule has 3 fully saturated rings. The molecule has 1 aliphatic carbocycles. The van der Waals surface area contributed by atoms with E-state index in [0.29, 0.717) is 50.5 Å². The van der Waals surface area contributed by atoms with Gasteiger partial charge in [-0.3, -0.25) is 19.2 Å². The molecule has 4 N–H and O–H groups in total. The van der Waals surface area contributed by atoms with E-state index in [1.54, 1.807) is 79.2 Å². The lowest BCUT2D eigenvalue weighted by atomic mass is 9.78. The van der Waals surface area contributed by atoms with Crippen molar-refractivity contribution in [2.75, 3.05) is 41.1 Å². The number of carbonyl (C=O) groups excluding carboxylic acids is 5. The first-order valence-corrected chi connectivity index (χ1v) is 25.1. The standard InChI is InChI=1S/C53H83NO15/c1-31-16-12-11-13-17-32(2)46(57)37(7)48(59)49(66-10)47(58)35(5)26-33(3)41(56)30-44(34(4)27-38-20-22-42(67-25-24-55)45(28-38)65-9)68-52(62)40-18-14-15-23-54(40)51(61)50(60)53(63)36(6)19-21-39(69-53)29-43(31)64-8/h11-13,16-17,26,32-34,36-40,42-47,49,55,57-58,63H,14-15,18-25,27-30H2,1-10H3/b12-11+,17-13+,31-16+,35-26+/t32-,33-,34-,36-,37-,38+,39+,40+,42-,43+,44+,45-,46?,47-,49-,53-/m1/s1. The molecule has 3 heterocycles. The van der Waals surface area contributed by atoms with Crippen LogP contribution in [-0.4, -0.2) is 156 Å². The van der Waals surface area contributed by atoms with Crippen molar-refractivity contribution >= 4 is 29.2 Å². The van der Waals surface area contributed by atoms with Crippen LogP contribution in [0.15, 0.2) is 47.6 Å². The van der Waals surface area contributed by atoms with Crippen LogP contribution in [0.3, 0.4) is 0 Å². The third kappa shape index (κ3) is 15.3. The molecule has 16 nitrogen and oxygen atoms in total. The molecule has 2 bridgehead atoms. The summed E-state index contributed by atoms with van der Waals surface area (Å²) < 4.78 is 35.4. The average Bonchev–Trinajstić information content (AvgIpc) is 3.34. The second-order valence-electron chi connectivity index (χ2n) is 20.2. The van der Waals surface area contributed by atoms with Crippen LogP contribution in [0, 0.1) is 35.5 Å². The Morgan fingerprint density at radius 1 is 0.855 bits per heavy atom. The van der Waals surface area contributed by atoms with Crippen molar-refractivity contribution in [2.45, 2.75) is 180 Å². The Hall–Kier alpha value is -3.45. The Balaban J connectivity index is 1.71. The number of amides is 1. The van der Waals surface area contributed by atoms with E-state index >= 15 is 0 Å². The normalized spacial score (nSPS) is 39.9. The summed E-state index contributed by atoms with van der Waals surface area (Å²) in [6.07, 6.45) is 9.02. The van der Waals surface area contributed by atoms with Crippen LogP contribution >= 0.6 is 0 Å². The minimum atomic E-state index is -2.46. The fourth-order valence-corrected chi connectivity index (χ4v) is 10.4. The van der Waals surface area contributed by atoms with Crippen molar-refractivity contribution in [2.24, 2.45) is 35.5 Å². The summed E-state index contributed by atoms with van der Waals surface area (Å²) in [6.45, 7) is 12.2. The van der Waals surface area contributed by atoms with Gasteiger partial charge in [-0.05, 0) is 94.6 Å². The van der Waals surface area contributed by atoms with Gasteiger partial charge in [0.2, 0.25) is 5.79 Å². The molecule has 69 heavy (non-hydrogen) atoms. The Bertz CT molecular complexity index is 1850. The number of fused-ring (bicyclic) bond motifs is 3. The molecule has 0 aromatic carbocycles. The Morgan fingerprint density at radius 2 is 1.58 bits per heavy atom. The van der Waals surface area contributed by atoms with Gasteiger partial charge >= 0.3 is 5.97 Å². The molecule has 4 rings (SSSR count). The van der Waals surface area contributed by atoms with Crippen molar-refractivity contribution in [1.29, 1.82) is 0 Å². The van der Waals surface area contributed by atoms with E-state index in [1.165, 1.54) is 12.0 Å². The number of ether oxygens (including phenoxy) is 6. The SMILES string of the molecule is CO[C@H]1C[C@@H]2CC[C@@H](C)[C@@](O)(O2)C(=O)C(=O)N2CCCC[C@H]2C(=O)O[C@H]([C@H](C)C[C@@H]2CC[C@@H](OCCO)[C@H](OC)C2)CC(=O)[C@H](C)/C=C(\C)[C@@H](O)[C@@H](OC)C(=O)[C@H](C)C(O)[C@H](C)/C=C/C=C/C=C/1C. The van der Waals surface area contributed by atoms with Gasteiger partial charge in [0, 0.05) is 64.4 Å². The first-order chi connectivity index (χ1) is 32.7. The molecule has 2 saturated heterocycles. The van der Waals surface area contributed by atoms with Gasteiger partial charge < -0.3 is 53.7 Å². The number of Topliss-reactive ketones (excluding diaryl/α,β-unsaturated/α-hetero) is 3. The number of hydrogen-bond acceptors (Lipinski definition) is 15. The van der Waals surface area contributed by atoms with Crippen LogP contribution < -0.4 is 0 Å². The highest BCUT2D eigenvalue weighted by Gasteiger charge is 2.53. The van der Waals surface area contributed by atoms with E-state index in [2.05, 4.69) is 0 Å². The lowest BCUT2D eigenvalue weighted by molar-refractivity contribution is -0.265. The number of rotatable bonds is 9. The minimum Gasteiger partial charge on any atom is -0.460 e. The van der Waals surface area contributed by atoms with Gasteiger partial charge in [-0.15, -0.1) is 0 Å². The highest BCUT2D eigenvalue weighted by molar-refractivity contribution is 6.39. The second kappa shape index (κ2) is 27.4. The van der Waals surface area contributed by atoms with Crippen molar-refractivity contribution < 1.29 is 72.8 Å². The van der Waals surface area contributed by atoms with Crippen LogP contribution in [0.2, 0.25) is 0 Å². The molecule has 1 saturated carbocycles. The second-order valence-corrected chi connectivity index (χ2v) is 20.2. The maximum atomic E-state index is 14.5. The molecule has 16 atom stereocenters. The smallest absolute Gasteiger partial charge is 0.329 e. The number of cyclic esters (lactones) is 1. The molecule has 0 aromatic rings. The number of ketones is 3. The van der Waals surface area contributed by atoms with Crippen molar-refractivity contribution in [3.63, 3.8) is 0 Å². The van der Waals surface area contributed by atoms with Gasteiger partial charge in [-0.25, -0.2) is 4.79 Å². The molecular formula is C53H83NO15. The molecule has 1 amide bonds. The molecule has 0 aromatic heterocycles. The van der Waals surface area contributed by atoms with E-state index in [4.69, 9.17) is 28.4 Å². The van der Waals surface area contributed by atoms with Gasteiger partial charge in [0.05, 0.1) is 43.7 Å². The number of carbonyl (C=O) groups is 5. The van der Waals surface area contributed by atoms with Crippen LogP contribution in [0.1, 0.15) is 119 Å². The highest BCUT2D eigenvalue weighted by Crippen LogP contribution is 2.38. The number of allylic oxidation sites excluding steroid dienone is 5. The highest BCUT2D eigenvalue weighted by atomic mass is 16.6. The molecule has 0 radical (unpaired) electrons. The number of aliphatic hydroxyl groups excluding tert-OH is 3. The van der Waals surface area contributed by atoms with Crippen molar-refractivity contribution in [1.82, 2.24) is 4.90 Å². The van der Waals surface area contributed by atoms with E-state index in [-0.39, 0.29) is 68.8 Å². The number of aliphatic hydroxyl groups is 4. The number of piperidine rings is 1. The maximum absolute atomic E-state index is 14.5. The van der Waals surface area contributed by atoms with Crippen molar-refractivity contribution in [3.8, 4) is 0 Å². The average molecular weight is 974 g/mol. The summed E-state index contributed by atoms with van der Waals surface area (Å²) >= 11 is 0. The Kier molecular flexibility index (Phi) is 23.1. The topological polar surface area (TPSA) is 225 Å². The lowest BCUT2D eigenvalue weighted by Gasteiger charge is -2.42. The first-order valence-electron chi connectivity index (χ1n) is 25.1. The van der Waals surface area contributed by atoms with Gasteiger partial charge in [0.15, 0.2) is 5.78 Å². The summed E-state index contributed by atoms with van der Waals surface area (Å²) in [5.41, 5.74) is 1.13. The molecule has 1 unspecified atom stereocenters. The third-order valence-electron chi connectivity index (χ3n) is 15.1. The van der Waals surface area contributed by atoms with Crippen LogP contribution in [0.5, 0.6) is 0 Å². The monoisotopic (exact) mass is 974 g/mol. The van der Waals surface area contributed by atoms with Crippen molar-refractivity contribution in [3.05, 3.63) is 47.6 Å². The first kappa shape index (κ1) is 58.1. The Morgan fingerprint density at radius 3 is 2.25 bits per heavy atom. The van der Waals surface area contributed by atoms with Gasteiger partial charge in [0.1, 0.15) is 30.1 Å². The summed E-state index contributed by atoms with van der Waals surface area (Å²) in [7, 11) is 4.47. The molecule has 0 spiro atoms. The fraction of sp³-hybridized carbons (Fsp3) is 0.755. The van der Waals surface area contributed by atoms with Crippen LogP contribution in [0.4, 0.5) is 0 Å². The molecule has 16 heteroatoms. The van der Waals surface area contributed by atoms with E-state index < -0.39 is 95.6 Å². The maximum Gasteiger partial charge on any atom is 0.329 e. The zero-order valence-electron chi connectivity index (χ0n) is 42.8. The predicted molar refractivity (Wildman–Crippen MR) is 257 cm³/mol. The predicted octanol–water partition coefficient (Wildman–Crippen LogP) is 5.17. The minimum absolute atomic E-state index is 0.0703. The zero-order valence-corrected chi connectivity index (χ0v) is 42.8. The number of methoxy groups -OCH3 is 3.